The molecular formula is C15H14N6. The average Bonchev–Trinajstić information content (AvgIpc) is 3.12. The van der Waals surface area contributed by atoms with Gasteiger partial charge >= 0.3 is 0 Å². The maximum atomic E-state index is 4.41. The first kappa shape index (κ1) is 12.3. The standard InChI is InChI=1S/C15H14N6/c1-15(2)11-12(15)14(10-8-17-4-6-19-10)21-20-13(11)9-7-16-3-5-18-9/h3-8,11-12H,1-2H3/t11-,12+. The smallest absolute Gasteiger partial charge is 0.105 e. The van der Waals surface area contributed by atoms with Gasteiger partial charge in [-0.15, -0.1) is 0 Å². The number of hydrogen-bond acceptors (Lipinski definition) is 6. The zero-order valence-corrected chi connectivity index (χ0v) is 11.8. The van der Waals surface area contributed by atoms with E-state index in [2.05, 4.69) is 44.0 Å². The lowest BCUT2D eigenvalue weighted by Gasteiger charge is -2.09. The van der Waals surface area contributed by atoms with Crippen LogP contribution in [0, 0.1) is 17.3 Å². The van der Waals surface area contributed by atoms with Gasteiger partial charge in [0.15, 0.2) is 0 Å². The van der Waals surface area contributed by atoms with Gasteiger partial charge in [0, 0.05) is 36.6 Å². The predicted molar refractivity (Wildman–Crippen MR) is 77.9 cm³/mol. The molecular weight excluding hydrogens is 264 g/mol. The van der Waals surface area contributed by atoms with Gasteiger partial charge in [-0.05, 0) is 5.41 Å². The highest BCUT2D eigenvalue weighted by Gasteiger charge is 2.64. The number of nitrogens with zero attached hydrogens (tertiary/aromatic N) is 6. The van der Waals surface area contributed by atoms with E-state index in [0.717, 1.165) is 22.8 Å². The summed E-state index contributed by atoms with van der Waals surface area (Å²) < 4.78 is 0. The lowest BCUT2D eigenvalue weighted by atomic mass is 10.0. The lowest BCUT2D eigenvalue weighted by Crippen LogP contribution is -2.17. The molecule has 2 aliphatic rings. The summed E-state index contributed by atoms with van der Waals surface area (Å²) in [6.07, 6.45) is 10.2. The van der Waals surface area contributed by atoms with Crippen molar-refractivity contribution >= 4 is 11.4 Å². The molecule has 21 heavy (non-hydrogen) atoms. The van der Waals surface area contributed by atoms with Crippen molar-refractivity contribution in [2.75, 3.05) is 0 Å². The second kappa shape index (κ2) is 4.25. The van der Waals surface area contributed by atoms with Gasteiger partial charge in [0.2, 0.25) is 0 Å². The first-order chi connectivity index (χ1) is 10.2. The van der Waals surface area contributed by atoms with Crippen molar-refractivity contribution in [2.45, 2.75) is 13.8 Å². The van der Waals surface area contributed by atoms with Gasteiger partial charge in [0.25, 0.3) is 0 Å². The highest BCUT2D eigenvalue weighted by Crippen LogP contribution is 2.62. The second-order valence-electron chi connectivity index (χ2n) is 5.93. The van der Waals surface area contributed by atoms with Crippen molar-refractivity contribution < 1.29 is 0 Å². The predicted octanol–water partition coefficient (Wildman–Crippen LogP) is 1.75. The van der Waals surface area contributed by atoms with Crippen molar-refractivity contribution in [3.63, 3.8) is 0 Å². The molecule has 2 atom stereocenters. The maximum absolute atomic E-state index is 4.41. The molecule has 3 heterocycles. The average molecular weight is 278 g/mol. The molecule has 6 nitrogen and oxygen atoms in total. The van der Waals surface area contributed by atoms with Crippen LogP contribution in [0.1, 0.15) is 25.2 Å². The molecule has 0 aromatic carbocycles. The van der Waals surface area contributed by atoms with Gasteiger partial charge < -0.3 is 0 Å². The second-order valence-corrected chi connectivity index (χ2v) is 5.93. The van der Waals surface area contributed by atoms with Gasteiger partial charge in [-0.25, -0.2) is 0 Å². The van der Waals surface area contributed by atoms with Crippen LogP contribution in [0.2, 0.25) is 0 Å². The van der Waals surface area contributed by atoms with Gasteiger partial charge in [-0.1, -0.05) is 13.8 Å². The SMILES string of the molecule is CC1(C)[C@@H]2C(c3cnccn3)=NN=C(c3cnccn3)[C@@H]21. The van der Waals surface area contributed by atoms with Gasteiger partial charge in [-0.2, -0.15) is 10.2 Å². The van der Waals surface area contributed by atoms with Crippen LogP contribution in [0.4, 0.5) is 0 Å². The van der Waals surface area contributed by atoms with E-state index in [0.29, 0.717) is 11.8 Å². The van der Waals surface area contributed by atoms with Crippen molar-refractivity contribution in [1.82, 2.24) is 19.9 Å². The van der Waals surface area contributed by atoms with Crippen molar-refractivity contribution in [1.29, 1.82) is 0 Å². The van der Waals surface area contributed by atoms with E-state index < -0.39 is 0 Å². The summed E-state index contributed by atoms with van der Waals surface area (Å²) in [6.45, 7) is 4.46. The minimum Gasteiger partial charge on any atom is -0.261 e. The van der Waals surface area contributed by atoms with Crippen molar-refractivity contribution in [3.8, 4) is 0 Å². The van der Waals surface area contributed by atoms with Crippen LogP contribution in [-0.2, 0) is 0 Å². The highest BCUT2D eigenvalue weighted by atomic mass is 15.2. The molecule has 2 aromatic heterocycles. The number of fused-ring (bicyclic) bond motifs is 1. The van der Waals surface area contributed by atoms with Gasteiger partial charge in [0.05, 0.1) is 23.8 Å². The van der Waals surface area contributed by atoms with Crippen molar-refractivity contribution in [2.24, 2.45) is 27.5 Å². The van der Waals surface area contributed by atoms with Crippen LogP contribution in [0.25, 0.3) is 0 Å². The van der Waals surface area contributed by atoms with Crippen LogP contribution in [0.15, 0.2) is 47.4 Å². The summed E-state index contributed by atoms with van der Waals surface area (Å²) in [5.41, 5.74) is 3.56. The quantitative estimate of drug-likeness (QED) is 0.838. The van der Waals surface area contributed by atoms with Crippen LogP contribution >= 0.6 is 0 Å². The molecule has 0 radical (unpaired) electrons. The fraction of sp³-hybridized carbons (Fsp3) is 0.333. The summed E-state index contributed by atoms with van der Waals surface area (Å²) >= 11 is 0. The molecule has 6 heteroatoms. The molecule has 0 spiro atoms. The number of rotatable bonds is 2. The highest BCUT2D eigenvalue weighted by molar-refractivity contribution is 6.14. The molecule has 0 N–H and O–H groups in total. The summed E-state index contributed by atoms with van der Waals surface area (Å²) in [7, 11) is 0. The zero-order chi connectivity index (χ0) is 14.4. The summed E-state index contributed by atoms with van der Waals surface area (Å²) in [5, 5.41) is 8.82. The third kappa shape index (κ3) is 1.79. The minimum atomic E-state index is 0.100. The largest absolute Gasteiger partial charge is 0.261 e. The minimum absolute atomic E-state index is 0.100. The molecule has 0 bridgehead atoms. The molecule has 104 valence electrons. The molecule has 1 aliphatic carbocycles. The molecule has 2 aromatic rings. The Morgan fingerprint density at radius 1 is 0.762 bits per heavy atom. The molecule has 0 unspecified atom stereocenters. The van der Waals surface area contributed by atoms with E-state index in [4.69, 9.17) is 0 Å². The fourth-order valence-electron chi connectivity index (χ4n) is 3.17. The Morgan fingerprint density at radius 2 is 1.24 bits per heavy atom. The van der Waals surface area contributed by atoms with Crippen LogP contribution in [-0.4, -0.2) is 31.4 Å². The van der Waals surface area contributed by atoms with E-state index >= 15 is 0 Å². The monoisotopic (exact) mass is 278 g/mol. The maximum Gasteiger partial charge on any atom is 0.105 e. The third-order valence-corrected chi connectivity index (χ3v) is 4.33. The molecule has 4 rings (SSSR count). The van der Waals surface area contributed by atoms with Gasteiger partial charge in [-0.3, -0.25) is 19.9 Å². The third-order valence-electron chi connectivity index (χ3n) is 4.33. The molecule has 1 saturated carbocycles. The van der Waals surface area contributed by atoms with E-state index in [1.54, 1.807) is 37.2 Å². The van der Waals surface area contributed by atoms with Gasteiger partial charge in [0.1, 0.15) is 11.4 Å². The van der Waals surface area contributed by atoms with E-state index in [1.165, 1.54) is 0 Å². The van der Waals surface area contributed by atoms with Crippen molar-refractivity contribution in [3.05, 3.63) is 48.6 Å². The summed E-state index contributed by atoms with van der Waals surface area (Å²) in [5.74, 6) is 0.618. The van der Waals surface area contributed by atoms with Crippen LogP contribution < -0.4 is 0 Å². The molecule has 0 saturated heterocycles. The Morgan fingerprint density at radius 3 is 1.62 bits per heavy atom. The molecule has 0 amide bonds. The Bertz CT molecular complexity index is 672. The number of aromatic nitrogens is 4. The Kier molecular flexibility index (Phi) is 2.48. The fourth-order valence-corrected chi connectivity index (χ4v) is 3.17. The topological polar surface area (TPSA) is 76.3 Å². The first-order valence-electron chi connectivity index (χ1n) is 6.88. The van der Waals surface area contributed by atoms with Crippen LogP contribution in [0.3, 0.4) is 0 Å². The van der Waals surface area contributed by atoms with E-state index in [-0.39, 0.29) is 5.41 Å². The first-order valence-corrected chi connectivity index (χ1v) is 6.88. The summed E-state index contributed by atoms with van der Waals surface area (Å²) in [6, 6.07) is 0. The van der Waals surface area contributed by atoms with E-state index in [1.807, 2.05) is 0 Å². The van der Waals surface area contributed by atoms with Crippen LogP contribution in [0.5, 0.6) is 0 Å². The number of hydrogen-bond donors (Lipinski definition) is 0. The Labute approximate surface area is 122 Å². The molecule has 1 fully saturated rings. The Hall–Kier alpha value is -2.50. The molecule has 1 aliphatic heterocycles. The normalized spacial score (nSPS) is 25.6. The summed E-state index contributed by atoms with van der Waals surface area (Å²) in [4.78, 5) is 17.0. The Balaban J connectivity index is 1.80. The zero-order valence-electron chi connectivity index (χ0n) is 11.8. The lowest BCUT2D eigenvalue weighted by molar-refractivity contribution is 0.603. The van der Waals surface area contributed by atoms with E-state index in [9.17, 15) is 0 Å².